The second-order valence-corrected chi connectivity index (χ2v) is 6.97. The fourth-order valence-electron chi connectivity index (χ4n) is 2.19. The SMILES string of the molecule is COc1ccc(OCCF)cc1-c1nc(CSc2nc(N)nc(N)n2)cs1. The predicted octanol–water partition coefficient (Wildman–Crippen LogP) is 2.81. The molecule has 0 spiro atoms. The summed E-state index contributed by atoms with van der Waals surface area (Å²) in [7, 11) is 1.58. The fraction of sp³-hybridized carbons (Fsp3) is 0.250. The monoisotopic (exact) mass is 408 g/mol. The maximum atomic E-state index is 12.3. The Morgan fingerprint density at radius 3 is 2.63 bits per heavy atom. The number of aromatic nitrogens is 4. The number of nitrogens with zero attached hydrogens (tertiary/aromatic N) is 4. The van der Waals surface area contributed by atoms with Gasteiger partial charge in [-0.1, -0.05) is 11.8 Å². The van der Waals surface area contributed by atoms with Gasteiger partial charge in [0, 0.05) is 11.1 Å². The van der Waals surface area contributed by atoms with Gasteiger partial charge in [-0.15, -0.1) is 11.3 Å². The number of hydrogen-bond donors (Lipinski definition) is 2. The fourth-order valence-corrected chi connectivity index (χ4v) is 3.88. The molecule has 8 nitrogen and oxygen atoms in total. The summed E-state index contributed by atoms with van der Waals surface area (Å²) >= 11 is 2.83. The Kier molecular flexibility index (Phi) is 6.24. The van der Waals surface area contributed by atoms with E-state index in [0.717, 1.165) is 16.3 Å². The first kappa shape index (κ1) is 19.1. The molecule has 0 saturated heterocycles. The molecule has 0 saturated carbocycles. The number of hydrogen-bond acceptors (Lipinski definition) is 10. The summed E-state index contributed by atoms with van der Waals surface area (Å²) in [6, 6.07) is 5.30. The van der Waals surface area contributed by atoms with Crippen LogP contribution < -0.4 is 20.9 Å². The van der Waals surface area contributed by atoms with Gasteiger partial charge in [0.05, 0.1) is 18.4 Å². The molecule has 0 radical (unpaired) electrons. The van der Waals surface area contributed by atoms with Gasteiger partial charge in [-0.3, -0.25) is 0 Å². The molecule has 0 aliphatic heterocycles. The molecule has 0 bridgehead atoms. The highest BCUT2D eigenvalue weighted by Gasteiger charge is 2.13. The second-order valence-electron chi connectivity index (χ2n) is 5.17. The molecule has 0 aliphatic rings. The van der Waals surface area contributed by atoms with Crippen LogP contribution in [0.4, 0.5) is 16.3 Å². The molecule has 0 atom stereocenters. The number of thioether (sulfide) groups is 1. The Balaban J connectivity index is 1.76. The van der Waals surface area contributed by atoms with Gasteiger partial charge in [-0.05, 0) is 18.2 Å². The van der Waals surface area contributed by atoms with Crippen LogP contribution in [0.15, 0.2) is 28.7 Å². The molecule has 0 amide bonds. The van der Waals surface area contributed by atoms with Crippen molar-refractivity contribution in [3.8, 4) is 22.1 Å². The highest BCUT2D eigenvalue weighted by molar-refractivity contribution is 7.98. The molecule has 4 N–H and O–H groups in total. The number of alkyl halides is 1. The molecule has 27 heavy (non-hydrogen) atoms. The number of thiazole rings is 1. The average molecular weight is 408 g/mol. The molecular formula is C16H17FN6O2S2. The third kappa shape index (κ3) is 4.95. The Morgan fingerprint density at radius 1 is 1.15 bits per heavy atom. The molecule has 3 aromatic rings. The summed E-state index contributed by atoms with van der Waals surface area (Å²) in [5.41, 5.74) is 12.8. The normalized spacial score (nSPS) is 10.7. The Hall–Kier alpha value is -2.66. The van der Waals surface area contributed by atoms with E-state index in [1.807, 2.05) is 5.38 Å². The highest BCUT2D eigenvalue weighted by Crippen LogP contribution is 2.36. The van der Waals surface area contributed by atoms with Crippen molar-refractivity contribution in [1.82, 2.24) is 19.9 Å². The second kappa shape index (κ2) is 8.82. The van der Waals surface area contributed by atoms with Gasteiger partial charge in [0.1, 0.15) is 29.8 Å². The topological polar surface area (TPSA) is 122 Å². The molecule has 0 aliphatic carbocycles. The Morgan fingerprint density at radius 2 is 1.93 bits per heavy atom. The van der Waals surface area contributed by atoms with Crippen molar-refractivity contribution in [3.63, 3.8) is 0 Å². The average Bonchev–Trinajstić information content (AvgIpc) is 3.12. The van der Waals surface area contributed by atoms with Gasteiger partial charge in [0.2, 0.25) is 11.9 Å². The number of nitrogens with two attached hydrogens (primary N) is 2. The van der Waals surface area contributed by atoms with E-state index in [-0.39, 0.29) is 18.5 Å². The van der Waals surface area contributed by atoms with Crippen molar-refractivity contribution in [2.45, 2.75) is 10.9 Å². The lowest BCUT2D eigenvalue weighted by Gasteiger charge is -2.09. The summed E-state index contributed by atoms with van der Waals surface area (Å²) in [4.78, 5) is 16.4. The maximum Gasteiger partial charge on any atom is 0.225 e. The number of nitrogen functional groups attached to an aromatic ring is 2. The number of rotatable bonds is 8. The maximum absolute atomic E-state index is 12.3. The van der Waals surface area contributed by atoms with Crippen LogP contribution in [0.1, 0.15) is 5.69 Å². The van der Waals surface area contributed by atoms with Crippen molar-refractivity contribution in [3.05, 3.63) is 29.3 Å². The van der Waals surface area contributed by atoms with E-state index in [1.54, 1.807) is 25.3 Å². The van der Waals surface area contributed by atoms with Crippen LogP contribution >= 0.6 is 23.1 Å². The van der Waals surface area contributed by atoms with Gasteiger partial charge < -0.3 is 20.9 Å². The van der Waals surface area contributed by atoms with Crippen molar-refractivity contribution in [2.24, 2.45) is 0 Å². The minimum atomic E-state index is -0.550. The quantitative estimate of drug-likeness (QED) is 0.542. The van der Waals surface area contributed by atoms with E-state index < -0.39 is 6.67 Å². The van der Waals surface area contributed by atoms with E-state index >= 15 is 0 Å². The van der Waals surface area contributed by atoms with E-state index in [2.05, 4.69) is 19.9 Å². The van der Waals surface area contributed by atoms with E-state index in [1.165, 1.54) is 23.1 Å². The van der Waals surface area contributed by atoms with Gasteiger partial charge in [0.15, 0.2) is 5.16 Å². The van der Waals surface area contributed by atoms with Gasteiger partial charge in [0.25, 0.3) is 0 Å². The van der Waals surface area contributed by atoms with Gasteiger partial charge in [-0.2, -0.15) is 15.0 Å². The summed E-state index contributed by atoms with van der Waals surface area (Å²) in [6.07, 6.45) is 0. The molecule has 2 heterocycles. The molecule has 1 aromatic carbocycles. The third-order valence-corrected chi connectivity index (χ3v) is 5.10. The zero-order valence-electron chi connectivity index (χ0n) is 14.4. The molecule has 11 heteroatoms. The largest absolute Gasteiger partial charge is 0.496 e. The minimum Gasteiger partial charge on any atom is -0.496 e. The lowest BCUT2D eigenvalue weighted by atomic mass is 10.2. The van der Waals surface area contributed by atoms with Crippen LogP contribution in [-0.2, 0) is 5.75 Å². The number of benzene rings is 1. The molecular weight excluding hydrogens is 391 g/mol. The van der Waals surface area contributed by atoms with Crippen LogP contribution in [0, 0.1) is 0 Å². The summed E-state index contributed by atoms with van der Waals surface area (Å²) in [5.74, 6) is 1.93. The first-order valence-corrected chi connectivity index (χ1v) is 9.67. The highest BCUT2D eigenvalue weighted by atomic mass is 32.2. The lowest BCUT2D eigenvalue weighted by molar-refractivity contribution is 0.273. The minimum absolute atomic E-state index is 0.00369. The molecule has 2 aromatic heterocycles. The predicted molar refractivity (Wildman–Crippen MR) is 104 cm³/mol. The van der Waals surface area contributed by atoms with Crippen molar-refractivity contribution in [2.75, 3.05) is 31.9 Å². The lowest BCUT2D eigenvalue weighted by Crippen LogP contribution is -2.03. The molecule has 3 rings (SSSR count). The van der Waals surface area contributed by atoms with Crippen molar-refractivity contribution >= 4 is 35.0 Å². The zero-order valence-corrected chi connectivity index (χ0v) is 16.0. The Bertz CT molecular complexity index is 903. The van der Waals surface area contributed by atoms with E-state index in [4.69, 9.17) is 20.9 Å². The van der Waals surface area contributed by atoms with Crippen LogP contribution in [0.2, 0.25) is 0 Å². The van der Waals surface area contributed by atoms with Crippen LogP contribution in [0.5, 0.6) is 11.5 Å². The summed E-state index contributed by atoms with van der Waals surface area (Å²) in [6.45, 7) is -0.546. The Labute approximate surface area is 163 Å². The molecule has 0 fully saturated rings. The molecule has 0 unspecified atom stereocenters. The standard InChI is InChI=1S/C16H17FN6O2S2/c1-24-12-3-2-10(25-5-4-17)6-11(12)13-20-9(7-26-13)8-27-16-22-14(18)21-15(19)23-16/h2-3,6-7H,4-5,8H2,1H3,(H4,18,19,21,22,23). The van der Waals surface area contributed by atoms with Crippen molar-refractivity contribution in [1.29, 1.82) is 0 Å². The number of halogens is 1. The molecule has 142 valence electrons. The van der Waals surface area contributed by atoms with Crippen LogP contribution in [0.3, 0.4) is 0 Å². The number of ether oxygens (including phenoxy) is 2. The summed E-state index contributed by atoms with van der Waals surface area (Å²) < 4.78 is 23.1. The van der Waals surface area contributed by atoms with Crippen LogP contribution in [0.25, 0.3) is 10.6 Å². The van der Waals surface area contributed by atoms with Gasteiger partial charge >= 0.3 is 0 Å². The summed E-state index contributed by atoms with van der Waals surface area (Å²) in [5, 5.41) is 3.14. The third-order valence-electron chi connectivity index (χ3n) is 3.30. The van der Waals surface area contributed by atoms with E-state index in [9.17, 15) is 4.39 Å². The smallest absolute Gasteiger partial charge is 0.225 e. The van der Waals surface area contributed by atoms with Crippen molar-refractivity contribution < 1.29 is 13.9 Å². The van der Waals surface area contributed by atoms with E-state index in [0.29, 0.717) is 22.4 Å². The number of anilines is 2. The number of methoxy groups -OCH3 is 1. The zero-order chi connectivity index (χ0) is 19.2. The van der Waals surface area contributed by atoms with Gasteiger partial charge in [-0.25, -0.2) is 9.37 Å². The van der Waals surface area contributed by atoms with Crippen LogP contribution in [-0.4, -0.2) is 40.3 Å². The first-order valence-electron chi connectivity index (χ1n) is 7.80. The first-order chi connectivity index (χ1) is 13.1.